The summed E-state index contributed by atoms with van der Waals surface area (Å²) in [6, 6.07) is 13.4. The molecule has 2 aromatic heterocycles. The van der Waals surface area contributed by atoms with Crippen LogP contribution in [0.2, 0.25) is 0 Å². The number of anilines is 1. The fourth-order valence-corrected chi connectivity index (χ4v) is 3.40. The molecule has 0 saturated heterocycles. The van der Waals surface area contributed by atoms with E-state index in [1.807, 2.05) is 30.3 Å². The number of methoxy groups -OCH3 is 1. The van der Waals surface area contributed by atoms with E-state index in [4.69, 9.17) is 4.74 Å². The predicted molar refractivity (Wildman–Crippen MR) is 93.8 cm³/mol. The van der Waals surface area contributed by atoms with Crippen LogP contribution in [0.5, 0.6) is 5.75 Å². The van der Waals surface area contributed by atoms with Gasteiger partial charge in [-0.3, -0.25) is 9.20 Å². The monoisotopic (exact) mass is 321 g/mol. The van der Waals surface area contributed by atoms with E-state index < -0.39 is 0 Å². The Morgan fingerprint density at radius 1 is 1.21 bits per heavy atom. The first kappa shape index (κ1) is 14.8. The first-order chi connectivity index (χ1) is 11.8. The fraction of sp³-hybridized carbons (Fsp3) is 0.263. The van der Waals surface area contributed by atoms with E-state index in [1.165, 1.54) is 5.56 Å². The quantitative estimate of drug-likeness (QED) is 0.744. The van der Waals surface area contributed by atoms with E-state index in [0.29, 0.717) is 12.2 Å². The average Bonchev–Trinajstić information content (AvgIpc) is 2.61. The molecule has 0 N–H and O–H groups in total. The summed E-state index contributed by atoms with van der Waals surface area (Å²) in [5, 5.41) is 0. The first-order valence-corrected chi connectivity index (χ1v) is 8.14. The molecule has 1 aromatic carbocycles. The van der Waals surface area contributed by atoms with Crippen molar-refractivity contribution >= 4 is 11.3 Å². The number of para-hydroxylation sites is 1. The van der Waals surface area contributed by atoms with Gasteiger partial charge in [0.25, 0.3) is 5.56 Å². The van der Waals surface area contributed by atoms with Crippen molar-refractivity contribution in [2.75, 3.05) is 18.6 Å². The van der Waals surface area contributed by atoms with Gasteiger partial charge in [0.05, 0.1) is 25.0 Å². The zero-order chi connectivity index (χ0) is 16.5. The van der Waals surface area contributed by atoms with Gasteiger partial charge >= 0.3 is 0 Å². The smallest absolute Gasteiger partial charge is 0.258 e. The summed E-state index contributed by atoms with van der Waals surface area (Å²) in [5.74, 6) is 0.879. The largest absolute Gasteiger partial charge is 0.495 e. The van der Waals surface area contributed by atoms with Crippen LogP contribution in [0.3, 0.4) is 0 Å². The van der Waals surface area contributed by atoms with Crippen LogP contribution >= 0.6 is 0 Å². The molecule has 0 unspecified atom stereocenters. The van der Waals surface area contributed by atoms with Crippen LogP contribution in [0.25, 0.3) is 5.65 Å². The molecule has 1 aliphatic heterocycles. The highest BCUT2D eigenvalue weighted by molar-refractivity contribution is 5.65. The highest BCUT2D eigenvalue weighted by Gasteiger charge is 2.21. The van der Waals surface area contributed by atoms with Gasteiger partial charge in [-0.2, -0.15) is 0 Å². The number of aromatic nitrogens is 2. The standard InChI is InChI=1S/C19H19N3O2/c1-24-16-8-4-6-14-7-5-10-21(19(14)16)13-15-12-18(23)22-11-3-2-9-17(22)20-15/h2-4,6,8-9,11-12H,5,7,10,13H2,1H3. The Balaban J connectivity index is 1.74. The topological polar surface area (TPSA) is 46.8 Å². The molecule has 0 atom stereocenters. The maximum atomic E-state index is 12.3. The Labute approximate surface area is 140 Å². The molecule has 5 heteroatoms. The maximum absolute atomic E-state index is 12.3. The predicted octanol–water partition coefficient (Wildman–Crippen LogP) is 2.66. The van der Waals surface area contributed by atoms with E-state index >= 15 is 0 Å². The SMILES string of the molecule is COc1cccc2c1N(Cc1cc(=O)n3ccccc3n1)CCC2. The second-order valence-corrected chi connectivity index (χ2v) is 6.01. The third-order valence-corrected chi connectivity index (χ3v) is 4.47. The molecule has 3 heterocycles. The molecule has 24 heavy (non-hydrogen) atoms. The molecule has 0 radical (unpaired) electrons. The van der Waals surface area contributed by atoms with Crippen molar-refractivity contribution in [2.24, 2.45) is 0 Å². The summed E-state index contributed by atoms with van der Waals surface area (Å²) >= 11 is 0. The number of fused-ring (bicyclic) bond motifs is 2. The van der Waals surface area contributed by atoms with Crippen molar-refractivity contribution < 1.29 is 4.74 Å². The number of nitrogens with zero attached hydrogens (tertiary/aromatic N) is 3. The van der Waals surface area contributed by atoms with Crippen LogP contribution in [0, 0.1) is 0 Å². The number of benzene rings is 1. The Bertz CT molecular complexity index is 934. The zero-order valence-corrected chi connectivity index (χ0v) is 13.6. The molecule has 4 rings (SSSR count). The normalized spacial score (nSPS) is 13.8. The van der Waals surface area contributed by atoms with Crippen molar-refractivity contribution in [3.63, 3.8) is 0 Å². The zero-order valence-electron chi connectivity index (χ0n) is 13.6. The van der Waals surface area contributed by atoms with Crippen molar-refractivity contribution in [1.29, 1.82) is 0 Å². The second kappa shape index (κ2) is 6.00. The first-order valence-electron chi connectivity index (χ1n) is 8.14. The molecule has 3 aromatic rings. The second-order valence-electron chi connectivity index (χ2n) is 6.01. The highest BCUT2D eigenvalue weighted by Crippen LogP contribution is 2.36. The Kier molecular flexibility index (Phi) is 3.69. The molecule has 0 bridgehead atoms. The third-order valence-electron chi connectivity index (χ3n) is 4.47. The lowest BCUT2D eigenvalue weighted by Gasteiger charge is -2.32. The van der Waals surface area contributed by atoms with Crippen LogP contribution in [0.4, 0.5) is 5.69 Å². The van der Waals surface area contributed by atoms with Crippen LogP contribution in [0.1, 0.15) is 17.7 Å². The molecule has 5 nitrogen and oxygen atoms in total. The molecule has 1 aliphatic rings. The number of ether oxygens (including phenoxy) is 1. The fourth-order valence-electron chi connectivity index (χ4n) is 3.40. The summed E-state index contributed by atoms with van der Waals surface area (Å²) in [5.41, 5.74) is 3.83. The average molecular weight is 321 g/mol. The van der Waals surface area contributed by atoms with Crippen molar-refractivity contribution in [2.45, 2.75) is 19.4 Å². The minimum Gasteiger partial charge on any atom is -0.495 e. The van der Waals surface area contributed by atoms with Gasteiger partial charge in [0.1, 0.15) is 11.4 Å². The van der Waals surface area contributed by atoms with E-state index in [0.717, 1.165) is 36.5 Å². The molecule has 0 aliphatic carbocycles. The molecular formula is C19H19N3O2. The van der Waals surface area contributed by atoms with Gasteiger partial charge in [0, 0.05) is 18.8 Å². The van der Waals surface area contributed by atoms with Gasteiger partial charge in [0.15, 0.2) is 0 Å². The number of hydrogen-bond donors (Lipinski definition) is 0. The van der Waals surface area contributed by atoms with E-state index in [1.54, 1.807) is 23.8 Å². The minimum absolute atomic E-state index is 0.0483. The summed E-state index contributed by atoms with van der Waals surface area (Å²) < 4.78 is 7.11. The number of aryl methyl sites for hydroxylation is 1. The highest BCUT2D eigenvalue weighted by atomic mass is 16.5. The van der Waals surface area contributed by atoms with Gasteiger partial charge in [0.2, 0.25) is 0 Å². The van der Waals surface area contributed by atoms with Crippen LogP contribution < -0.4 is 15.2 Å². The van der Waals surface area contributed by atoms with Gasteiger partial charge in [-0.25, -0.2) is 4.98 Å². The van der Waals surface area contributed by atoms with Gasteiger partial charge in [-0.1, -0.05) is 18.2 Å². The van der Waals surface area contributed by atoms with Gasteiger partial charge in [-0.15, -0.1) is 0 Å². The van der Waals surface area contributed by atoms with Gasteiger partial charge < -0.3 is 9.64 Å². The molecule has 0 spiro atoms. The summed E-state index contributed by atoms with van der Waals surface area (Å²) in [6.07, 6.45) is 3.89. The summed E-state index contributed by atoms with van der Waals surface area (Å²) in [6.45, 7) is 1.54. The van der Waals surface area contributed by atoms with Crippen molar-refractivity contribution in [3.05, 3.63) is 70.3 Å². The lowest BCUT2D eigenvalue weighted by Crippen LogP contribution is -2.30. The van der Waals surface area contributed by atoms with Crippen LogP contribution in [0.15, 0.2) is 53.5 Å². The molecule has 122 valence electrons. The molecule has 0 fully saturated rings. The van der Waals surface area contributed by atoms with Gasteiger partial charge in [-0.05, 0) is 36.6 Å². The number of rotatable bonds is 3. The van der Waals surface area contributed by atoms with E-state index in [2.05, 4.69) is 16.0 Å². The lowest BCUT2D eigenvalue weighted by atomic mass is 10.0. The third kappa shape index (κ3) is 2.52. The van der Waals surface area contributed by atoms with E-state index in [9.17, 15) is 4.79 Å². The van der Waals surface area contributed by atoms with E-state index in [-0.39, 0.29) is 5.56 Å². The van der Waals surface area contributed by atoms with Crippen molar-refractivity contribution in [1.82, 2.24) is 9.38 Å². The number of hydrogen-bond acceptors (Lipinski definition) is 4. The van der Waals surface area contributed by atoms with Crippen LogP contribution in [-0.2, 0) is 13.0 Å². The Morgan fingerprint density at radius 3 is 3.00 bits per heavy atom. The summed E-state index contributed by atoms with van der Waals surface area (Å²) in [4.78, 5) is 19.2. The molecule has 0 amide bonds. The molecular weight excluding hydrogens is 302 g/mol. The van der Waals surface area contributed by atoms with Crippen molar-refractivity contribution in [3.8, 4) is 5.75 Å². The minimum atomic E-state index is -0.0483. The summed E-state index contributed by atoms with van der Waals surface area (Å²) in [7, 11) is 1.70. The number of pyridine rings is 1. The lowest BCUT2D eigenvalue weighted by molar-refractivity contribution is 0.412. The Morgan fingerprint density at radius 2 is 2.12 bits per heavy atom. The Hall–Kier alpha value is -2.82. The van der Waals surface area contributed by atoms with Crippen LogP contribution in [-0.4, -0.2) is 23.0 Å². The molecule has 0 saturated carbocycles. The maximum Gasteiger partial charge on any atom is 0.258 e.